The fraction of sp³-hybridized carbons (Fsp3) is 0.214. The lowest BCUT2D eigenvalue weighted by atomic mass is 9.64. The number of aliphatic hydroxyl groups excluding tert-OH is 1. The van der Waals surface area contributed by atoms with Crippen LogP contribution in [-0.4, -0.2) is 71.4 Å². The second kappa shape index (κ2) is 10.3. The first-order valence-electron chi connectivity index (χ1n) is 11.4. The number of alkyl halides is 2. The van der Waals surface area contributed by atoms with Gasteiger partial charge < -0.3 is 15.3 Å². The summed E-state index contributed by atoms with van der Waals surface area (Å²) in [6.07, 6.45) is -2.73. The number of nitrogens with zero attached hydrogens (tertiary/aromatic N) is 1. The highest BCUT2D eigenvalue weighted by Crippen LogP contribution is 2.56. The second-order valence-corrected chi connectivity index (χ2v) is 9.88. The lowest BCUT2D eigenvalue weighted by Crippen LogP contribution is -2.86. The van der Waals surface area contributed by atoms with Crippen LogP contribution in [0.2, 0.25) is 0 Å². The normalized spacial score (nSPS) is 31.1. The Hall–Kier alpha value is -3.46. The van der Waals surface area contributed by atoms with Crippen LogP contribution in [0.15, 0.2) is 91.0 Å². The van der Waals surface area contributed by atoms with E-state index in [1.54, 1.807) is 6.07 Å². The van der Waals surface area contributed by atoms with Crippen LogP contribution in [0.4, 0.5) is 0 Å². The zero-order chi connectivity index (χ0) is 28.6. The standard InChI is InChI=1S/C28H21Cl2NO8/c1-31-28(38)24(29)25(36,21(33)18-13-7-3-8-14-18)26(37,22(34)19-15-9-4-10-16-19)27(30,39-28)23(35)20(32)17-11-5-2-6-12-17/h2-16,23-24,35-38H/t23?,24-,25-,26+,27-,28?/m1/s1. The van der Waals surface area contributed by atoms with E-state index in [1.165, 1.54) is 84.9 Å². The summed E-state index contributed by atoms with van der Waals surface area (Å²) in [5.74, 6) is -7.56. The minimum Gasteiger partial charge on any atom is -0.380 e. The van der Waals surface area contributed by atoms with Crippen molar-refractivity contribution in [2.45, 2.75) is 33.7 Å². The van der Waals surface area contributed by atoms with Gasteiger partial charge in [0.15, 0.2) is 23.3 Å². The molecule has 0 amide bonds. The average molecular weight is 570 g/mol. The SMILES string of the molecule is [C-]#[N+]C1(O)O[C@](Cl)(C(O)C(=O)c2ccccc2)[C@](O)(C(=O)c2ccccc2)[C@@](O)(C(=O)c2ccccc2)[C@H]1Cl. The van der Waals surface area contributed by atoms with Crippen LogP contribution in [-0.2, 0) is 4.74 Å². The number of carbonyl (C=O) groups excluding carboxylic acids is 3. The molecule has 0 spiro atoms. The predicted molar refractivity (Wildman–Crippen MR) is 139 cm³/mol. The Labute approximate surface area is 232 Å². The van der Waals surface area contributed by atoms with Crippen LogP contribution in [0.1, 0.15) is 31.1 Å². The molecule has 3 aromatic rings. The third-order valence-corrected chi connectivity index (χ3v) is 7.76. The quantitative estimate of drug-likeness (QED) is 0.193. The maximum atomic E-state index is 14.0. The fourth-order valence-electron chi connectivity index (χ4n) is 4.54. The van der Waals surface area contributed by atoms with Gasteiger partial charge in [0.2, 0.25) is 21.8 Å². The molecule has 1 fully saturated rings. The Kier molecular flexibility index (Phi) is 7.51. The van der Waals surface area contributed by atoms with Crippen molar-refractivity contribution < 1.29 is 39.5 Å². The zero-order valence-electron chi connectivity index (χ0n) is 19.9. The van der Waals surface area contributed by atoms with E-state index in [4.69, 9.17) is 34.5 Å². The number of rotatable bonds is 7. The number of halogens is 2. The van der Waals surface area contributed by atoms with Crippen LogP contribution in [0.25, 0.3) is 4.85 Å². The van der Waals surface area contributed by atoms with E-state index in [0.29, 0.717) is 0 Å². The third-order valence-electron chi connectivity index (χ3n) is 6.61. The summed E-state index contributed by atoms with van der Waals surface area (Å²) < 4.78 is 5.25. The van der Waals surface area contributed by atoms with E-state index in [0.717, 1.165) is 0 Å². The fourth-order valence-corrected chi connectivity index (χ4v) is 5.33. The van der Waals surface area contributed by atoms with Crippen molar-refractivity contribution in [2.75, 3.05) is 0 Å². The minimum atomic E-state index is -3.76. The summed E-state index contributed by atoms with van der Waals surface area (Å²) in [4.78, 5) is 44.1. The van der Waals surface area contributed by atoms with Crippen molar-refractivity contribution >= 4 is 40.6 Å². The molecule has 2 unspecified atom stereocenters. The highest BCUT2D eigenvalue weighted by atomic mass is 35.5. The largest absolute Gasteiger partial charge is 0.476 e. The van der Waals surface area contributed by atoms with Crippen LogP contribution in [0, 0.1) is 6.57 Å². The van der Waals surface area contributed by atoms with Crippen LogP contribution in [0.5, 0.6) is 0 Å². The number of ether oxygens (including phenoxy) is 1. The highest BCUT2D eigenvalue weighted by Gasteiger charge is 2.85. The van der Waals surface area contributed by atoms with Gasteiger partial charge in [0.1, 0.15) is 0 Å². The molecule has 1 aliphatic rings. The summed E-state index contributed by atoms with van der Waals surface area (Å²) >= 11 is 13.0. The molecule has 6 atom stereocenters. The maximum Gasteiger partial charge on any atom is 0.476 e. The van der Waals surface area contributed by atoms with Gasteiger partial charge in [-0.2, -0.15) is 0 Å². The van der Waals surface area contributed by atoms with Gasteiger partial charge in [0.05, 0.1) is 0 Å². The Bertz CT molecular complexity index is 1450. The van der Waals surface area contributed by atoms with E-state index in [-0.39, 0.29) is 16.7 Å². The first kappa shape index (κ1) is 28.5. The van der Waals surface area contributed by atoms with E-state index in [9.17, 15) is 34.8 Å². The van der Waals surface area contributed by atoms with E-state index < -0.39 is 51.0 Å². The van der Waals surface area contributed by atoms with E-state index >= 15 is 0 Å². The summed E-state index contributed by atoms with van der Waals surface area (Å²) in [6, 6.07) is 20.5. The molecule has 9 nitrogen and oxygen atoms in total. The zero-order valence-corrected chi connectivity index (χ0v) is 21.5. The molecule has 11 heteroatoms. The first-order chi connectivity index (χ1) is 18.4. The molecule has 1 saturated heterocycles. The third kappa shape index (κ3) is 4.18. The van der Waals surface area contributed by atoms with Crippen molar-refractivity contribution in [3.05, 3.63) is 119 Å². The van der Waals surface area contributed by atoms with Gasteiger partial charge >= 0.3 is 5.91 Å². The van der Waals surface area contributed by atoms with Crippen molar-refractivity contribution in [3.8, 4) is 0 Å². The smallest absolute Gasteiger partial charge is 0.380 e. The number of carbonyl (C=O) groups is 3. The maximum absolute atomic E-state index is 14.0. The summed E-state index contributed by atoms with van der Waals surface area (Å²) in [7, 11) is 0. The topological polar surface area (TPSA) is 146 Å². The number of ketones is 3. The first-order valence-corrected chi connectivity index (χ1v) is 12.3. The molecule has 1 heterocycles. The Balaban J connectivity index is 2.05. The Morgan fingerprint density at radius 1 is 0.795 bits per heavy atom. The van der Waals surface area contributed by atoms with Gasteiger partial charge in [0, 0.05) is 16.7 Å². The van der Waals surface area contributed by atoms with Gasteiger partial charge in [-0.3, -0.25) is 24.2 Å². The molecular weight excluding hydrogens is 549 g/mol. The van der Waals surface area contributed by atoms with Gasteiger partial charge in [-0.15, -0.1) is 11.6 Å². The van der Waals surface area contributed by atoms with Crippen molar-refractivity contribution in [1.29, 1.82) is 0 Å². The Morgan fingerprint density at radius 3 is 1.64 bits per heavy atom. The molecule has 0 aromatic heterocycles. The Morgan fingerprint density at radius 2 is 1.21 bits per heavy atom. The summed E-state index contributed by atoms with van der Waals surface area (Å²) in [5.41, 5.74) is -8.20. The van der Waals surface area contributed by atoms with Crippen LogP contribution >= 0.6 is 23.2 Å². The molecule has 200 valence electrons. The van der Waals surface area contributed by atoms with Crippen molar-refractivity contribution in [2.24, 2.45) is 0 Å². The van der Waals surface area contributed by atoms with Crippen LogP contribution < -0.4 is 0 Å². The number of hydrogen-bond acceptors (Lipinski definition) is 8. The van der Waals surface area contributed by atoms with Crippen LogP contribution in [0.3, 0.4) is 0 Å². The lowest BCUT2D eigenvalue weighted by molar-refractivity contribution is -0.336. The average Bonchev–Trinajstić information content (AvgIpc) is 2.98. The van der Waals surface area contributed by atoms with Crippen molar-refractivity contribution in [1.82, 2.24) is 0 Å². The number of hydrogen-bond donors (Lipinski definition) is 4. The van der Waals surface area contributed by atoms with Gasteiger partial charge in [-0.25, -0.2) is 11.4 Å². The van der Waals surface area contributed by atoms with E-state index in [1.807, 2.05) is 0 Å². The van der Waals surface area contributed by atoms with Gasteiger partial charge in [-0.05, 0) is 0 Å². The monoisotopic (exact) mass is 569 g/mol. The molecule has 0 bridgehead atoms. The van der Waals surface area contributed by atoms with Gasteiger partial charge in [-0.1, -0.05) is 103 Å². The number of benzene rings is 3. The number of Topliss-reactive ketones (excluding diaryl/α,β-unsaturated/α-hetero) is 3. The molecular formula is C28H21Cl2NO8. The summed E-state index contributed by atoms with van der Waals surface area (Å²) in [6.45, 7) is 7.49. The molecule has 0 saturated carbocycles. The second-order valence-electron chi connectivity index (χ2n) is 8.88. The molecule has 1 aliphatic heterocycles. The number of aliphatic hydroxyl groups is 4. The highest BCUT2D eigenvalue weighted by molar-refractivity contribution is 6.33. The molecule has 0 aliphatic carbocycles. The predicted octanol–water partition coefficient (Wildman–Crippen LogP) is 2.60. The molecule has 0 radical (unpaired) electrons. The van der Waals surface area contributed by atoms with Crippen molar-refractivity contribution in [3.63, 3.8) is 0 Å². The lowest BCUT2D eigenvalue weighted by Gasteiger charge is -2.56. The molecule has 39 heavy (non-hydrogen) atoms. The van der Waals surface area contributed by atoms with Gasteiger partial charge in [0.25, 0.3) is 0 Å². The minimum absolute atomic E-state index is 0.166. The molecule has 4 N–H and O–H groups in total. The summed E-state index contributed by atoms with van der Waals surface area (Å²) in [5, 5.41) is 40.6. The van der Waals surface area contributed by atoms with E-state index in [2.05, 4.69) is 4.85 Å². The molecule has 4 rings (SSSR count). The molecule has 3 aromatic carbocycles.